The normalized spacial score (nSPS) is 21.0. The van der Waals surface area contributed by atoms with Crippen molar-refractivity contribution in [3.05, 3.63) is 35.9 Å². The van der Waals surface area contributed by atoms with Crippen molar-refractivity contribution in [1.29, 1.82) is 5.26 Å². The molecule has 6 heteroatoms. The van der Waals surface area contributed by atoms with Crippen LogP contribution in [0.3, 0.4) is 0 Å². The fourth-order valence-electron chi connectivity index (χ4n) is 2.27. The van der Waals surface area contributed by atoms with Gasteiger partial charge in [-0.3, -0.25) is 0 Å². The molecule has 21 heavy (non-hydrogen) atoms. The van der Waals surface area contributed by atoms with E-state index in [0.29, 0.717) is 19.5 Å². The number of carbonyl (C=O) groups excluding carboxylic acids is 1. The molecule has 1 aliphatic rings. The van der Waals surface area contributed by atoms with Crippen molar-refractivity contribution in [2.24, 2.45) is 0 Å². The van der Waals surface area contributed by atoms with E-state index in [2.05, 4.69) is 11.4 Å². The highest BCUT2D eigenvalue weighted by atomic mass is 35.5. The number of piperazine rings is 1. The fourth-order valence-corrected chi connectivity index (χ4v) is 2.27. The molecule has 0 spiro atoms. The van der Waals surface area contributed by atoms with Gasteiger partial charge in [-0.2, -0.15) is 5.26 Å². The maximum atomic E-state index is 12.2. The number of nitrogens with one attached hydrogen (secondary N) is 1. The summed E-state index contributed by atoms with van der Waals surface area (Å²) in [6.45, 7) is 3.48. The van der Waals surface area contributed by atoms with E-state index >= 15 is 0 Å². The van der Waals surface area contributed by atoms with Gasteiger partial charge < -0.3 is 15.0 Å². The summed E-state index contributed by atoms with van der Waals surface area (Å²) in [6.07, 6.45) is -0.0254. The number of nitrogens with zero attached hydrogens (tertiary/aromatic N) is 2. The quantitative estimate of drug-likeness (QED) is 0.930. The third kappa shape index (κ3) is 4.92. The molecular weight excluding hydrogens is 290 g/mol. The lowest BCUT2D eigenvalue weighted by Crippen LogP contribution is -2.57. The molecule has 0 radical (unpaired) electrons. The van der Waals surface area contributed by atoms with Gasteiger partial charge in [0.15, 0.2) is 0 Å². The number of amides is 1. The number of ether oxygens (including phenoxy) is 1. The van der Waals surface area contributed by atoms with E-state index in [0.717, 1.165) is 5.56 Å². The van der Waals surface area contributed by atoms with E-state index in [4.69, 9.17) is 10.00 Å². The van der Waals surface area contributed by atoms with Crippen LogP contribution >= 0.6 is 12.4 Å². The second-order valence-electron chi connectivity index (χ2n) is 5.02. The molecule has 1 aliphatic heterocycles. The molecule has 1 aromatic carbocycles. The van der Waals surface area contributed by atoms with Crippen LogP contribution in [0, 0.1) is 11.3 Å². The van der Waals surface area contributed by atoms with Gasteiger partial charge in [0.2, 0.25) is 0 Å². The second kappa shape index (κ2) is 8.50. The summed E-state index contributed by atoms with van der Waals surface area (Å²) in [7, 11) is 0. The maximum Gasteiger partial charge on any atom is 0.410 e. The van der Waals surface area contributed by atoms with Gasteiger partial charge in [-0.15, -0.1) is 12.4 Å². The van der Waals surface area contributed by atoms with Crippen LogP contribution in [0.2, 0.25) is 0 Å². The molecule has 5 nitrogen and oxygen atoms in total. The number of halogens is 1. The Morgan fingerprint density at radius 3 is 2.86 bits per heavy atom. The van der Waals surface area contributed by atoms with Gasteiger partial charge in [0.25, 0.3) is 0 Å². The average Bonchev–Trinajstić information content (AvgIpc) is 2.48. The predicted octanol–water partition coefficient (Wildman–Crippen LogP) is 2.32. The molecule has 1 saturated heterocycles. The van der Waals surface area contributed by atoms with Crippen molar-refractivity contribution in [3.63, 3.8) is 0 Å². The Kier molecular flexibility index (Phi) is 7.00. The summed E-state index contributed by atoms with van der Waals surface area (Å²) >= 11 is 0. The zero-order chi connectivity index (χ0) is 14.4. The highest BCUT2D eigenvalue weighted by Crippen LogP contribution is 2.13. The molecule has 2 atom stereocenters. The molecule has 0 aliphatic carbocycles. The molecular formula is C15H20ClN3O2. The van der Waals surface area contributed by atoms with E-state index in [1.165, 1.54) is 0 Å². The zero-order valence-electron chi connectivity index (χ0n) is 12.0. The Labute approximate surface area is 131 Å². The zero-order valence-corrected chi connectivity index (χ0v) is 12.8. The lowest BCUT2D eigenvalue weighted by atomic mass is 10.1. The van der Waals surface area contributed by atoms with Crippen LogP contribution in [0.5, 0.6) is 0 Å². The minimum atomic E-state index is -0.345. The van der Waals surface area contributed by atoms with Crippen molar-refractivity contribution < 1.29 is 9.53 Å². The number of carbonyl (C=O) groups is 1. The molecule has 1 amide bonds. The van der Waals surface area contributed by atoms with Crippen molar-refractivity contribution >= 4 is 18.5 Å². The van der Waals surface area contributed by atoms with E-state index in [1.54, 1.807) is 4.90 Å². The molecule has 1 fully saturated rings. The second-order valence-corrected chi connectivity index (χ2v) is 5.02. The van der Waals surface area contributed by atoms with Gasteiger partial charge in [-0.05, 0) is 12.5 Å². The number of benzene rings is 1. The SMILES string of the molecule is C[C@@H]1CN(C(=O)OCc2ccccc2)[C@@H](CC#N)CN1.Cl. The Morgan fingerprint density at radius 2 is 2.19 bits per heavy atom. The first-order valence-corrected chi connectivity index (χ1v) is 6.78. The molecule has 1 N–H and O–H groups in total. The lowest BCUT2D eigenvalue weighted by Gasteiger charge is -2.37. The first-order chi connectivity index (χ1) is 9.70. The van der Waals surface area contributed by atoms with Gasteiger partial charge >= 0.3 is 6.09 Å². The molecule has 1 aromatic rings. The van der Waals surface area contributed by atoms with Crippen LogP contribution in [-0.4, -0.2) is 36.2 Å². The first-order valence-electron chi connectivity index (χ1n) is 6.78. The van der Waals surface area contributed by atoms with Crippen LogP contribution in [0.1, 0.15) is 18.9 Å². The minimum Gasteiger partial charge on any atom is -0.445 e. The standard InChI is InChI=1S/C15H19N3O2.ClH/c1-12-10-18(14(7-8-16)9-17-12)15(19)20-11-13-5-3-2-4-6-13;/h2-6,12,14,17H,7,9-11H2,1H3;1H/t12-,14+;/m1./s1. The highest BCUT2D eigenvalue weighted by Gasteiger charge is 2.30. The third-order valence-corrected chi connectivity index (χ3v) is 3.38. The number of rotatable bonds is 3. The van der Waals surface area contributed by atoms with Crippen molar-refractivity contribution in [1.82, 2.24) is 10.2 Å². The van der Waals surface area contributed by atoms with E-state index < -0.39 is 0 Å². The number of hydrogen-bond donors (Lipinski definition) is 1. The Bertz CT molecular complexity index is 489. The summed E-state index contributed by atoms with van der Waals surface area (Å²) in [4.78, 5) is 13.8. The van der Waals surface area contributed by atoms with Gasteiger partial charge in [-0.1, -0.05) is 30.3 Å². The largest absolute Gasteiger partial charge is 0.445 e. The smallest absolute Gasteiger partial charge is 0.410 e. The van der Waals surface area contributed by atoms with Crippen LogP contribution in [-0.2, 0) is 11.3 Å². The van der Waals surface area contributed by atoms with E-state index in [1.807, 2.05) is 37.3 Å². The van der Waals surface area contributed by atoms with Crippen molar-refractivity contribution in [2.45, 2.75) is 32.0 Å². The van der Waals surface area contributed by atoms with Gasteiger partial charge in [0, 0.05) is 19.1 Å². The highest BCUT2D eigenvalue weighted by molar-refractivity contribution is 5.85. The molecule has 0 bridgehead atoms. The summed E-state index contributed by atoms with van der Waals surface area (Å²) < 4.78 is 5.34. The van der Waals surface area contributed by atoms with E-state index in [9.17, 15) is 4.79 Å². The Hall–Kier alpha value is -1.77. The topological polar surface area (TPSA) is 65.4 Å². The number of nitriles is 1. The monoisotopic (exact) mass is 309 g/mol. The Balaban J connectivity index is 0.00000220. The molecule has 0 unspecified atom stereocenters. The van der Waals surface area contributed by atoms with Gasteiger partial charge in [0.05, 0.1) is 18.5 Å². The Morgan fingerprint density at radius 1 is 1.48 bits per heavy atom. The fraction of sp³-hybridized carbons (Fsp3) is 0.467. The first kappa shape index (κ1) is 17.3. The summed E-state index contributed by atoms with van der Waals surface area (Å²) in [6, 6.07) is 11.8. The molecule has 0 aromatic heterocycles. The molecule has 2 rings (SSSR count). The van der Waals surface area contributed by atoms with Gasteiger partial charge in [0.1, 0.15) is 6.61 Å². The van der Waals surface area contributed by atoms with Crippen LogP contribution in [0.25, 0.3) is 0 Å². The van der Waals surface area contributed by atoms with E-state index in [-0.39, 0.29) is 37.2 Å². The van der Waals surface area contributed by atoms with Crippen LogP contribution in [0.4, 0.5) is 4.79 Å². The minimum absolute atomic E-state index is 0. The molecule has 1 heterocycles. The predicted molar refractivity (Wildman–Crippen MR) is 82.1 cm³/mol. The number of hydrogen-bond acceptors (Lipinski definition) is 4. The molecule has 0 saturated carbocycles. The average molecular weight is 310 g/mol. The van der Waals surface area contributed by atoms with Crippen molar-refractivity contribution in [2.75, 3.05) is 13.1 Å². The lowest BCUT2D eigenvalue weighted by molar-refractivity contribution is 0.0656. The van der Waals surface area contributed by atoms with Crippen LogP contribution in [0.15, 0.2) is 30.3 Å². The summed E-state index contributed by atoms with van der Waals surface area (Å²) in [5, 5.41) is 12.1. The van der Waals surface area contributed by atoms with Crippen LogP contribution < -0.4 is 5.32 Å². The maximum absolute atomic E-state index is 12.2. The van der Waals surface area contributed by atoms with Gasteiger partial charge in [-0.25, -0.2) is 4.79 Å². The third-order valence-electron chi connectivity index (χ3n) is 3.38. The summed E-state index contributed by atoms with van der Waals surface area (Å²) in [5.41, 5.74) is 0.959. The molecule has 114 valence electrons. The summed E-state index contributed by atoms with van der Waals surface area (Å²) in [5.74, 6) is 0. The van der Waals surface area contributed by atoms with Crippen molar-refractivity contribution in [3.8, 4) is 6.07 Å².